The molecule has 0 radical (unpaired) electrons. The fourth-order valence-electron chi connectivity index (χ4n) is 2.06. The topological polar surface area (TPSA) is 43.1 Å². The van der Waals surface area contributed by atoms with Crippen molar-refractivity contribution in [3.63, 3.8) is 0 Å². The average Bonchev–Trinajstić information content (AvgIpc) is 2.39. The van der Waals surface area contributed by atoms with Crippen molar-refractivity contribution in [3.05, 3.63) is 35.4 Å². The fourth-order valence-corrected chi connectivity index (χ4v) is 2.06. The van der Waals surface area contributed by atoms with Gasteiger partial charge in [0.25, 0.3) is 0 Å². The van der Waals surface area contributed by atoms with E-state index in [2.05, 4.69) is 6.92 Å². The van der Waals surface area contributed by atoms with E-state index >= 15 is 0 Å². The number of carbonyl (C=O) groups is 1. The van der Waals surface area contributed by atoms with Gasteiger partial charge < -0.3 is 5.73 Å². The summed E-state index contributed by atoms with van der Waals surface area (Å²) in [6.07, 6.45) is 7.53. The van der Waals surface area contributed by atoms with Crippen LogP contribution >= 0.6 is 0 Å². The third-order valence-electron chi connectivity index (χ3n) is 3.22. The molecule has 0 saturated carbocycles. The third-order valence-corrected chi connectivity index (χ3v) is 3.22. The fraction of sp³-hybridized carbons (Fsp3) is 0.562. The van der Waals surface area contributed by atoms with Gasteiger partial charge in [0, 0.05) is 12.0 Å². The van der Waals surface area contributed by atoms with Gasteiger partial charge in [-0.2, -0.15) is 0 Å². The van der Waals surface area contributed by atoms with Gasteiger partial charge in [0.05, 0.1) is 0 Å². The Morgan fingerprint density at radius 2 is 1.72 bits per heavy atom. The van der Waals surface area contributed by atoms with Crippen LogP contribution < -0.4 is 5.73 Å². The van der Waals surface area contributed by atoms with Gasteiger partial charge in [0.1, 0.15) is 0 Å². The number of Topliss-reactive ketones (excluding diaryl/α,β-unsaturated/α-hetero) is 1. The highest BCUT2D eigenvalue weighted by molar-refractivity contribution is 5.96. The van der Waals surface area contributed by atoms with Gasteiger partial charge in [-0.25, -0.2) is 0 Å². The van der Waals surface area contributed by atoms with Crippen LogP contribution in [0.4, 0.5) is 0 Å². The lowest BCUT2D eigenvalue weighted by Crippen LogP contribution is -2.03. The molecular weight excluding hydrogens is 222 g/mol. The first-order valence-corrected chi connectivity index (χ1v) is 7.10. The SMILES string of the molecule is CCCCCCCC(=O)c1ccc(CCN)cc1. The summed E-state index contributed by atoms with van der Waals surface area (Å²) in [7, 11) is 0. The maximum atomic E-state index is 11.9. The van der Waals surface area contributed by atoms with Gasteiger partial charge in [-0.3, -0.25) is 4.79 Å². The first kappa shape index (κ1) is 14.9. The van der Waals surface area contributed by atoms with E-state index in [0.29, 0.717) is 13.0 Å². The van der Waals surface area contributed by atoms with Crippen LogP contribution in [0.2, 0.25) is 0 Å². The second kappa shape index (κ2) is 8.87. The number of carbonyl (C=O) groups excluding carboxylic acids is 1. The molecule has 2 heteroatoms. The molecular formula is C16H25NO. The van der Waals surface area contributed by atoms with Gasteiger partial charge in [-0.1, -0.05) is 56.9 Å². The van der Waals surface area contributed by atoms with Crippen LogP contribution in [0.5, 0.6) is 0 Å². The Bertz CT molecular complexity index is 343. The van der Waals surface area contributed by atoms with E-state index in [4.69, 9.17) is 5.73 Å². The Morgan fingerprint density at radius 3 is 2.33 bits per heavy atom. The summed E-state index contributed by atoms with van der Waals surface area (Å²) < 4.78 is 0. The molecule has 0 fully saturated rings. The summed E-state index contributed by atoms with van der Waals surface area (Å²) in [4.78, 5) is 11.9. The number of nitrogens with two attached hydrogens (primary N) is 1. The van der Waals surface area contributed by atoms with E-state index in [1.165, 1.54) is 31.2 Å². The molecule has 100 valence electrons. The van der Waals surface area contributed by atoms with Gasteiger partial charge in [-0.15, -0.1) is 0 Å². The molecule has 0 unspecified atom stereocenters. The lowest BCUT2D eigenvalue weighted by molar-refractivity contribution is 0.0979. The molecule has 1 aromatic carbocycles. The minimum atomic E-state index is 0.269. The van der Waals surface area contributed by atoms with Crippen LogP contribution in [0.15, 0.2) is 24.3 Å². The van der Waals surface area contributed by atoms with E-state index in [1.807, 2.05) is 24.3 Å². The summed E-state index contributed by atoms with van der Waals surface area (Å²) >= 11 is 0. The number of ketones is 1. The van der Waals surface area contributed by atoms with Crippen molar-refractivity contribution >= 4 is 5.78 Å². The Balaban J connectivity index is 2.32. The van der Waals surface area contributed by atoms with E-state index in [-0.39, 0.29) is 5.78 Å². The molecule has 1 rings (SSSR count). The molecule has 0 spiro atoms. The highest BCUT2D eigenvalue weighted by Gasteiger charge is 2.05. The van der Waals surface area contributed by atoms with Crippen LogP contribution in [0.3, 0.4) is 0 Å². The van der Waals surface area contributed by atoms with E-state index in [0.717, 1.165) is 18.4 Å². The molecule has 0 heterocycles. The quantitative estimate of drug-likeness (QED) is 0.533. The first-order chi connectivity index (χ1) is 8.77. The molecule has 0 aliphatic heterocycles. The Labute approximate surface area is 111 Å². The largest absolute Gasteiger partial charge is 0.330 e. The monoisotopic (exact) mass is 247 g/mol. The van der Waals surface area contributed by atoms with Crippen LogP contribution in [0.1, 0.15) is 61.4 Å². The van der Waals surface area contributed by atoms with Crippen molar-refractivity contribution in [2.45, 2.75) is 51.9 Å². The highest BCUT2D eigenvalue weighted by atomic mass is 16.1. The molecule has 1 aromatic rings. The van der Waals surface area contributed by atoms with Crippen LogP contribution in [0.25, 0.3) is 0 Å². The first-order valence-electron chi connectivity index (χ1n) is 7.10. The molecule has 0 amide bonds. The molecule has 0 saturated heterocycles. The minimum absolute atomic E-state index is 0.269. The van der Waals surface area contributed by atoms with Crippen molar-refractivity contribution in [2.24, 2.45) is 5.73 Å². The number of hydrogen-bond acceptors (Lipinski definition) is 2. The maximum absolute atomic E-state index is 11.9. The highest BCUT2D eigenvalue weighted by Crippen LogP contribution is 2.11. The lowest BCUT2D eigenvalue weighted by Gasteiger charge is -2.03. The molecule has 18 heavy (non-hydrogen) atoms. The molecule has 0 atom stereocenters. The van der Waals surface area contributed by atoms with Gasteiger partial charge >= 0.3 is 0 Å². The van der Waals surface area contributed by atoms with Crippen LogP contribution in [-0.4, -0.2) is 12.3 Å². The molecule has 2 N–H and O–H groups in total. The minimum Gasteiger partial charge on any atom is -0.330 e. The maximum Gasteiger partial charge on any atom is 0.162 e. The zero-order valence-electron chi connectivity index (χ0n) is 11.5. The summed E-state index contributed by atoms with van der Waals surface area (Å²) in [6, 6.07) is 7.88. The van der Waals surface area contributed by atoms with E-state index in [9.17, 15) is 4.79 Å². The molecule has 2 nitrogen and oxygen atoms in total. The number of benzene rings is 1. The summed E-state index contributed by atoms with van der Waals surface area (Å²) in [6.45, 7) is 2.86. The third kappa shape index (κ3) is 5.46. The zero-order chi connectivity index (χ0) is 13.2. The van der Waals surface area contributed by atoms with Crippen LogP contribution in [-0.2, 0) is 6.42 Å². The molecule has 0 aliphatic carbocycles. The average molecular weight is 247 g/mol. The van der Waals surface area contributed by atoms with Crippen molar-refractivity contribution in [2.75, 3.05) is 6.54 Å². The molecule has 0 aliphatic rings. The van der Waals surface area contributed by atoms with Crippen molar-refractivity contribution in [1.29, 1.82) is 0 Å². The number of unbranched alkanes of at least 4 members (excludes halogenated alkanes) is 4. The second-order valence-electron chi connectivity index (χ2n) is 4.82. The van der Waals surface area contributed by atoms with Crippen LogP contribution in [0, 0.1) is 0 Å². The summed E-state index contributed by atoms with van der Waals surface area (Å²) in [5.41, 5.74) is 7.54. The Hall–Kier alpha value is -1.15. The lowest BCUT2D eigenvalue weighted by atomic mass is 10.0. The van der Waals surface area contributed by atoms with Gasteiger partial charge in [-0.05, 0) is 24.9 Å². The zero-order valence-corrected chi connectivity index (χ0v) is 11.5. The smallest absolute Gasteiger partial charge is 0.162 e. The standard InChI is InChI=1S/C16H25NO/c1-2-3-4-5-6-7-16(18)15-10-8-14(9-11-15)12-13-17/h8-11H,2-7,12-13,17H2,1H3. The Morgan fingerprint density at radius 1 is 1.06 bits per heavy atom. The normalized spacial score (nSPS) is 10.6. The molecule has 0 aromatic heterocycles. The number of hydrogen-bond donors (Lipinski definition) is 1. The summed E-state index contributed by atoms with van der Waals surface area (Å²) in [5.74, 6) is 0.269. The Kier molecular flexibility index (Phi) is 7.35. The van der Waals surface area contributed by atoms with Crippen molar-refractivity contribution < 1.29 is 4.79 Å². The molecule has 0 bridgehead atoms. The second-order valence-corrected chi connectivity index (χ2v) is 4.82. The van der Waals surface area contributed by atoms with Gasteiger partial charge in [0.2, 0.25) is 0 Å². The van der Waals surface area contributed by atoms with Crippen molar-refractivity contribution in [1.82, 2.24) is 0 Å². The van der Waals surface area contributed by atoms with E-state index in [1.54, 1.807) is 0 Å². The number of rotatable bonds is 9. The predicted octanol–water partition coefficient (Wildman–Crippen LogP) is 3.73. The van der Waals surface area contributed by atoms with Crippen molar-refractivity contribution in [3.8, 4) is 0 Å². The van der Waals surface area contributed by atoms with Gasteiger partial charge in [0.15, 0.2) is 5.78 Å². The predicted molar refractivity (Wildman–Crippen MR) is 76.9 cm³/mol. The summed E-state index contributed by atoms with van der Waals surface area (Å²) in [5, 5.41) is 0. The van der Waals surface area contributed by atoms with E-state index < -0.39 is 0 Å².